The Kier molecular flexibility index (Phi) is 10.2. The third-order valence-electron chi connectivity index (χ3n) is 10.7. The standard InChI is InChI=1S/C36H55FN6O5Si2/c1-24(41-10-11-46-21-31(41)44)35(45)40(3)26-17-28(37)33-29(18-26)42(22-47-12-14-49(4,5)6)34(38-33)32-27-16-25-19-36(25,2)20-30(27)43(39-32)23-48-13-15-50(7,8)9/h17-18,24-25H,10-16,19-23H2,1-9H3/t24?,25-,36-/m1/s1. The minimum atomic E-state index is -1.36. The molecule has 0 bridgehead atoms. The summed E-state index contributed by atoms with van der Waals surface area (Å²) in [6.07, 6.45) is 3.01. The summed E-state index contributed by atoms with van der Waals surface area (Å²) in [7, 11) is -0.991. The lowest BCUT2D eigenvalue weighted by Gasteiger charge is -2.33. The Labute approximate surface area is 297 Å². The van der Waals surface area contributed by atoms with Gasteiger partial charge in [-0.25, -0.2) is 14.1 Å². The highest BCUT2D eigenvalue weighted by molar-refractivity contribution is 6.76. The van der Waals surface area contributed by atoms with Gasteiger partial charge in [-0.3, -0.25) is 14.2 Å². The molecule has 2 amide bonds. The summed E-state index contributed by atoms with van der Waals surface area (Å²) in [5.74, 6) is 0.0688. The molecule has 1 unspecified atom stereocenters. The molecule has 0 N–H and O–H groups in total. The molecule has 2 fully saturated rings. The zero-order chi connectivity index (χ0) is 36.2. The van der Waals surface area contributed by atoms with Crippen molar-refractivity contribution < 1.29 is 28.2 Å². The molecule has 3 aromatic rings. The second kappa shape index (κ2) is 13.9. The number of aromatic nitrogens is 4. The Morgan fingerprint density at radius 1 is 1.12 bits per heavy atom. The predicted octanol–water partition coefficient (Wildman–Crippen LogP) is 6.00. The fraction of sp³-hybridized carbons (Fsp3) is 0.667. The van der Waals surface area contributed by atoms with Crippen molar-refractivity contribution in [2.45, 2.75) is 104 Å². The number of anilines is 1. The zero-order valence-electron chi connectivity index (χ0n) is 31.4. The number of benzene rings is 1. The van der Waals surface area contributed by atoms with Crippen LogP contribution < -0.4 is 4.90 Å². The van der Waals surface area contributed by atoms with E-state index in [-0.39, 0.29) is 36.1 Å². The first-order valence-electron chi connectivity index (χ1n) is 18.0. The van der Waals surface area contributed by atoms with Gasteiger partial charge in [0.15, 0.2) is 11.6 Å². The third-order valence-corrected chi connectivity index (χ3v) is 14.1. The number of ether oxygens (including phenoxy) is 3. The molecule has 3 heterocycles. The second-order valence-electron chi connectivity index (χ2n) is 17.3. The minimum Gasteiger partial charge on any atom is -0.370 e. The van der Waals surface area contributed by atoms with Crippen molar-refractivity contribution in [1.29, 1.82) is 0 Å². The zero-order valence-corrected chi connectivity index (χ0v) is 33.4. The summed E-state index contributed by atoms with van der Waals surface area (Å²) in [4.78, 5) is 34.0. The fourth-order valence-electron chi connectivity index (χ4n) is 7.12. The van der Waals surface area contributed by atoms with E-state index < -0.39 is 28.0 Å². The number of amides is 2. The van der Waals surface area contributed by atoms with Crippen LogP contribution in [0.5, 0.6) is 0 Å². The predicted molar refractivity (Wildman–Crippen MR) is 198 cm³/mol. The first-order chi connectivity index (χ1) is 23.5. The van der Waals surface area contributed by atoms with Gasteiger partial charge < -0.3 is 24.0 Å². The van der Waals surface area contributed by atoms with Gasteiger partial charge in [0.2, 0.25) is 11.8 Å². The Bertz CT molecular complexity index is 1760. The number of halogens is 1. The molecule has 0 radical (unpaired) electrons. The highest BCUT2D eigenvalue weighted by Gasteiger charge is 2.54. The van der Waals surface area contributed by atoms with Crippen LogP contribution in [0.2, 0.25) is 51.4 Å². The number of fused-ring (bicyclic) bond motifs is 3. The molecule has 1 saturated heterocycles. The lowest BCUT2D eigenvalue weighted by Crippen LogP contribution is -2.53. The number of hydrogen-bond acceptors (Lipinski definition) is 7. The van der Waals surface area contributed by atoms with Gasteiger partial charge in [0.1, 0.15) is 37.3 Å². The summed E-state index contributed by atoms with van der Waals surface area (Å²) < 4.78 is 37.8. The van der Waals surface area contributed by atoms with Crippen molar-refractivity contribution in [2.24, 2.45) is 11.3 Å². The van der Waals surface area contributed by atoms with Gasteiger partial charge >= 0.3 is 0 Å². The van der Waals surface area contributed by atoms with Crippen LogP contribution in [-0.2, 0) is 50.1 Å². The number of morpholine rings is 1. The maximum Gasteiger partial charge on any atom is 0.249 e. The van der Waals surface area contributed by atoms with Crippen molar-refractivity contribution in [3.05, 3.63) is 29.2 Å². The first kappa shape index (κ1) is 36.9. The Morgan fingerprint density at radius 3 is 2.46 bits per heavy atom. The van der Waals surface area contributed by atoms with Gasteiger partial charge in [-0.15, -0.1) is 0 Å². The first-order valence-corrected chi connectivity index (χ1v) is 25.5. The molecule has 2 aliphatic carbocycles. The highest BCUT2D eigenvalue weighted by Crippen LogP contribution is 2.60. The average Bonchev–Trinajstić information content (AvgIpc) is 3.39. The van der Waals surface area contributed by atoms with E-state index in [2.05, 4.69) is 46.2 Å². The third kappa shape index (κ3) is 7.79. The number of carbonyl (C=O) groups is 2. The molecule has 50 heavy (non-hydrogen) atoms. The number of nitrogens with zero attached hydrogens (tertiary/aromatic N) is 6. The molecule has 14 heteroatoms. The molecule has 3 aliphatic rings. The van der Waals surface area contributed by atoms with E-state index in [1.807, 2.05) is 9.25 Å². The molecule has 3 atom stereocenters. The molecule has 6 rings (SSSR count). The number of likely N-dealkylation sites (N-methyl/N-ethyl adjacent to an activating group) is 1. The number of carbonyl (C=O) groups excluding carboxylic acids is 2. The van der Waals surface area contributed by atoms with Crippen LogP contribution in [0, 0.1) is 17.2 Å². The molecular weight excluding hydrogens is 672 g/mol. The van der Waals surface area contributed by atoms with E-state index in [1.54, 1.807) is 20.0 Å². The van der Waals surface area contributed by atoms with Crippen LogP contribution in [0.1, 0.15) is 31.5 Å². The Morgan fingerprint density at radius 2 is 1.80 bits per heavy atom. The maximum absolute atomic E-state index is 16.1. The van der Waals surface area contributed by atoms with Crippen molar-refractivity contribution in [3.63, 3.8) is 0 Å². The number of hydrogen-bond donors (Lipinski definition) is 0. The van der Waals surface area contributed by atoms with Gasteiger partial charge in [-0.1, -0.05) is 46.2 Å². The highest BCUT2D eigenvalue weighted by atomic mass is 28.3. The number of imidazole rings is 1. The SMILES string of the molecule is CC(C(=O)N(C)c1cc(F)c2nc(-c3nn(COCC[Si](C)(C)C)c4c3C[C@@H]3C[C@]3(C)C4)n(COCC[Si](C)(C)C)c2c1)N1CCOCC1=O. The topological polar surface area (TPSA) is 104 Å². The molecule has 1 aromatic carbocycles. The van der Waals surface area contributed by atoms with E-state index in [4.69, 9.17) is 24.3 Å². The van der Waals surface area contributed by atoms with Gasteiger partial charge in [0.25, 0.3) is 0 Å². The smallest absolute Gasteiger partial charge is 0.249 e. The Hall–Kier alpha value is -2.92. The van der Waals surface area contributed by atoms with Crippen molar-refractivity contribution in [2.75, 3.05) is 44.9 Å². The monoisotopic (exact) mass is 726 g/mol. The van der Waals surface area contributed by atoms with Crippen molar-refractivity contribution >= 4 is 44.7 Å². The van der Waals surface area contributed by atoms with E-state index in [9.17, 15) is 9.59 Å². The molecule has 274 valence electrons. The second-order valence-corrected chi connectivity index (χ2v) is 28.5. The van der Waals surface area contributed by atoms with E-state index in [1.165, 1.54) is 28.0 Å². The number of rotatable bonds is 14. The van der Waals surface area contributed by atoms with Crippen LogP contribution in [0.15, 0.2) is 12.1 Å². The molecule has 11 nitrogen and oxygen atoms in total. The van der Waals surface area contributed by atoms with Crippen molar-refractivity contribution in [3.8, 4) is 11.5 Å². The van der Waals surface area contributed by atoms with Crippen LogP contribution in [0.25, 0.3) is 22.6 Å². The molecule has 0 spiro atoms. The summed E-state index contributed by atoms with van der Waals surface area (Å²) in [6, 6.07) is 4.48. The summed E-state index contributed by atoms with van der Waals surface area (Å²) in [6.45, 7) is 20.5. The molecule has 1 saturated carbocycles. The minimum absolute atomic E-state index is 0.0500. The van der Waals surface area contributed by atoms with Crippen molar-refractivity contribution in [1.82, 2.24) is 24.2 Å². The van der Waals surface area contributed by atoms with Gasteiger partial charge in [-0.2, -0.15) is 5.10 Å². The van der Waals surface area contributed by atoms with Gasteiger partial charge in [0.05, 0.1) is 12.1 Å². The Balaban J connectivity index is 1.38. The molecule has 1 aliphatic heterocycles. The fourth-order valence-corrected chi connectivity index (χ4v) is 8.63. The summed E-state index contributed by atoms with van der Waals surface area (Å²) in [5.41, 5.74) is 4.48. The summed E-state index contributed by atoms with van der Waals surface area (Å²) in [5, 5.41) is 5.14. The summed E-state index contributed by atoms with van der Waals surface area (Å²) >= 11 is 0. The lowest BCUT2D eigenvalue weighted by molar-refractivity contribution is -0.149. The van der Waals surface area contributed by atoms with Gasteiger partial charge in [0, 0.05) is 59.9 Å². The van der Waals surface area contributed by atoms with E-state index in [0.717, 1.165) is 36.2 Å². The maximum atomic E-state index is 16.1. The van der Waals surface area contributed by atoms with Crippen LogP contribution in [-0.4, -0.2) is 98.3 Å². The van der Waals surface area contributed by atoms with Crippen LogP contribution in [0.3, 0.4) is 0 Å². The van der Waals surface area contributed by atoms with E-state index in [0.29, 0.717) is 56.0 Å². The quantitative estimate of drug-likeness (QED) is 0.148. The van der Waals surface area contributed by atoms with Gasteiger partial charge in [-0.05, 0) is 61.7 Å². The largest absolute Gasteiger partial charge is 0.370 e. The molecule has 2 aromatic heterocycles. The van der Waals surface area contributed by atoms with Crippen LogP contribution >= 0.6 is 0 Å². The van der Waals surface area contributed by atoms with E-state index >= 15 is 4.39 Å². The average molecular weight is 727 g/mol. The van der Waals surface area contributed by atoms with Crippen LogP contribution in [0.4, 0.5) is 10.1 Å². The lowest BCUT2D eigenvalue weighted by atomic mass is 9.87. The molecular formula is C36H55FN6O5Si2. The normalized spacial score (nSPS) is 21.4.